The van der Waals surface area contributed by atoms with Gasteiger partial charge in [-0.25, -0.2) is 4.39 Å². The number of nitrogens with zero attached hydrogens (tertiary/aromatic N) is 1. The minimum Gasteiger partial charge on any atom is -0.309 e. The quantitative estimate of drug-likeness (QED) is 0.753. The molecule has 0 aliphatic rings. The molecular weight excluding hydrogens is 191 g/mol. The van der Waals surface area contributed by atoms with Crippen LogP contribution in [0, 0.1) is 5.82 Å². The third-order valence-electron chi connectivity index (χ3n) is 2.12. The molecule has 0 spiro atoms. The molecule has 82 valence electrons. The minimum absolute atomic E-state index is 0.0753. The summed E-state index contributed by atoms with van der Waals surface area (Å²) < 4.78 is 13.5. The van der Waals surface area contributed by atoms with Crippen molar-refractivity contribution in [3.8, 4) is 0 Å². The van der Waals surface area contributed by atoms with Gasteiger partial charge in [0, 0.05) is 6.20 Å². The van der Waals surface area contributed by atoms with Gasteiger partial charge in [0.25, 0.3) is 0 Å². The molecule has 0 amide bonds. The summed E-state index contributed by atoms with van der Waals surface area (Å²) in [5.74, 6) is -0.260. The van der Waals surface area contributed by atoms with Gasteiger partial charge in [0.1, 0.15) is 5.82 Å². The van der Waals surface area contributed by atoms with Gasteiger partial charge in [0.2, 0.25) is 0 Å². The molecule has 0 aliphatic carbocycles. The zero-order valence-corrected chi connectivity index (χ0v) is 9.26. The van der Waals surface area contributed by atoms with E-state index in [1.807, 2.05) is 13.8 Å². The second-order valence-corrected chi connectivity index (χ2v) is 3.64. The van der Waals surface area contributed by atoms with Gasteiger partial charge in [-0.3, -0.25) is 4.98 Å². The fraction of sp³-hybridized carbons (Fsp3) is 0.417. The molecule has 3 heteroatoms. The molecule has 1 aromatic rings. The fourth-order valence-electron chi connectivity index (χ4n) is 1.51. The maximum atomic E-state index is 13.5. The van der Waals surface area contributed by atoms with E-state index in [1.165, 1.54) is 6.07 Å². The smallest absolute Gasteiger partial charge is 0.146 e. The van der Waals surface area contributed by atoms with Crippen LogP contribution in [0.1, 0.15) is 32.0 Å². The standard InChI is InChI=1S/C12H17FN2/c1-4-14-11(8-9(2)3)12-10(13)6-5-7-15-12/h5-7,11,14H,2,4,8H2,1,3H3. The summed E-state index contributed by atoms with van der Waals surface area (Å²) in [5.41, 5.74) is 1.49. The van der Waals surface area contributed by atoms with E-state index < -0.39 is 0 Å². The number of rotatable bonds is 5. The second kappa shape index (κ2) is 5.61. The number of halogens is 1. The first-order valence-electron chi connectivity index (χ1n) is 5.13. The Labute approximate surface area is 90.2 Å². The van der Waals surface area contributed by atoms with E-state index in [4.69, 9.17) is 0 Å². The lowest BCUT2D eigenvalue weighted by Crippen LogP contribution is -2.23. The van der Waals surface area contributed by atoms with Crippen molar-refractivity contribution in [2.45, 2.75) is 26.3 Å². The SMILES string of the molecule is C=C(C)CC(NCC)c1ncccc1F. The van der Waals surface area contributed by atoms with Crippen LogP contribution in [0.4, 0.5) is 4.39 Å². The number of nitrogens with one attached hydrogen (secondary N) is 1. The highest BCUT2D eigenvalue weighted by Gasteiger charge is 2.15. The Hall–Kier alpha value is -1.22. The lowest BCUT2D eigenvalue weighted by molar-refractivity contribution is 0.493. The molecule has 1 heterocycles. The van der Waals surface area contributed by atoms with Crippen LogP contribution in [0.3, 0.4) is 0 Å². The molecule has 1 N–H and O–H groups in total. The first-order chi connectivity index (χ1) is 7.15. The van der Waals surface area contributed by atoms with E-state index in [-0.39, 0.29) is 11.9 Å². The molecule has 0 bridgehead atoms. The summed E-state index contributed by atoms with van der Waals surface area (Å²) in [4.78, 5) is 4.07. The van der Waals surface area contributed by atoms with Crippen LogP contribution in [0.2, 0.25) is 0 Å². The van der Waals surface area contributed by atoms with Gasteiger partial charge in [-0.1, -0.05) is 12.5 Å². The fourth-order valence-corrected chi connectivity index (χ4v) is 1.51. The summed E-state index contributed by atoms with van der Waals surface area (Å²) >= 11 is 0. The van der Waals surface area contributed by atoms with Crippen LogP contribution in [-0.2, 0) is 0 Å². The number of hydrogen-bond donors (Lipinski definition) is 1. The molecule has 0 fully saturated rings. The molecule has 0 aromatic carbocycles. The Morgan fingerprint density at radius 2 is 2.40 bits per heavy atom. The molecule has 0 aliphatic heterocycles. The Morgan fingerprint density at radius 3 is 2.93 bits per heavy atom. The molecule has 1 aromatic heterocycles. The van der Waals surface area contributed by atoms with Crippen molar-refractivity contribution in [1.29, 1.82) is 0 Å². The van der Waals surface area contributed by atoms with Crippen LogP contribution < -0.4 is 5.32 Å². The average Bonchev–Trinajstić information content (AvgIpc) is 2.17. The molecule has 0 radical (unpaired) electrons. The largest absolute Gasteiger partial charge is 0.309 e. The Kier molecular flexibility index (Phi) is 4.43. The molecule has 1 rings (SSSR count). The van der Waals surface area contributed by atoms with Crippen LogP contribution >= 0.6 is 0 Å². The van der Waals surface area contributed by atoms with E-state index in [1.54, 1.807) is 12.3 Å². The van der Waals surface area contributed by atoms with Gasteiger partial charge in [0.05, 0.1) is 11.7 Å². The van der Waals surface area contributed by atoms with Gasteiger partial charge in [-0.2, -0.15) is 0 Å². The highest BCUT2D eigenvalue weighted by molar-refractivity contribution is 5.14. The zero-order chi connectivity index (χ0) is 11.3. The number of aromatic nitrogens is 1. The predicted molar refractivity (Wildman–Crippen MR) is 60.0 cm³/mol. The van der Waals surface area contributed by atoms with Crippen LogP contribution in [0.5, 0.6) is 0 Å². The molecule has 1 atom stereocenters. The summed E-state index contributed by atoms with van der Waals surface area (Å²) in [6.07, 6.45) is 2.32. The average molecular weight is 208 g/mol. The van der Waals surface area contributed by atoms with E-state index in [2.05, 4.69) is 16.9 Å². The molecular formula is C12H17FN2. The summed E-state index contributed by atoms with van der Waals surface area (Å²) in [6.45, 7) is 8.56. The minimum atomic E-state index is -0.260. The molecule has 0 saturated heterocycles. The van der Waals surface area contributed by atoms with Gasteiger partial charge in [-0.05, 0) is 32.0 Å². The van der Waals surface area contributed by atoms with Crippen molar-refractivity contribution in [3.63, 3.8) is 0 Å². The molecule has 15 heavy (non-hydrogen) atoms. The topological polar surface area (TPSA) is 24.9 Å². The van der Waals surface area contributed by atoms with Crippen molar-refractivity contribution < 1.29 is 4.39 Å². The second-order valence-electron chi connectivity index (χ2n) is 3.64. The van der Waals surface area contributed by atoms with Crippen molar-refractivity contribution in [3.05, 3.63) is 42.0 Å². The number of pyridine rings is 1. The van der Waals surface area contributed by atoms with E-state index in [9.17, 15) is 4.39 Å². The predicted octanol–water partition coefficient (Wildman–Crippen LogP) is 2.84. The third-order valence-corrected chi connectivity index (χ3v) is 2.12. The first-order valence-corrected chi connectivity index (χ1v) is 5.13. The van der Waals surface area contributed by atoms with Crippen molar-refractivity contribution in [2.24, 2.45) is 0 Å². The summed E-state index contributed by atoms with van der Waals surface area (Å²) in [6, 6.07) is 2.96. The molecule has 0 saturated carbocycles. The van der Waals surface area contributed by atoms with Crippen molar-refractivity contribution >= 4 is 0 Å². The van der Waals surface area contributed by atoms with Gasteiger partial charge >= 0.3 is 0 Å². The third kappa shape index (κ3) is 3.44. The van der Waals surface area contributed by atoms with Crippen LogP contribution in [-0.4, -0.2) is 11.5 Å². The monoisotopic (exact) mass is 208 g/mol. The van der Waals surface area contributed by atoms with E-state index in [0.717, 1.165) is 12.1 Å². The number of hydrogen-bond acceptors (Lipinski definition) is 2. The summed E-state index contributed by atoms with van der Waals surface area (Å²) in [7, 11) is 0. The Bertz CT molecular complexity index is 336. The normalized spacial score (nSPS) is 12.5. The maximum absolute atomic E-state index is 13.5. The lowest BCUT2D eigenvalue weighted by atomic mass is 10.0. The van der Waals surface area contributed by atoms with Gasteiger partial charge in [-0.15, -0.1) is 6.58 Å². The Balaban J connectivity index is 2.88. The van der Waals surface area contributed by atoms with E-state index in [0.29, 0.717) is 12.1 Å². The summed E-state index contributed by atoms with van der Waals surface area (Å²) in [5, 5.41) is 3.21. The van der Waals surface area contributed by atoms with Crippen LogP contribution in [0.15, 0.2) is 30.5 Å². The molecule has 2 nitrogen and oxygen atoms in total. The zero-order valence-electron chi connectivity index (χ0n) is 9.26. The Morgan fingerprint density at radius 1 is 1.67 bits per heavy atom. The lowest BCUT2D eigenvalue weighted by Gasteiger charge is -2.17. The highest BCUT2D eigenvalue weighted by atomic mass is 19.1. The molecule has 1 unspecified atom stereocenters. The first kappa shape index (κ1) is 11.9. The van der Waals surface area contributed by atoms with E-state index >= 15 is 0 Å². The van der Waals surface area contributed by atoms with Crippen LogP contribution in [0.25, 0.3) is 0 Å². The van der Waals surface area contributed by atoms with Gasteiger partial charge in [0.15, 0.2) is 0 Å². The van der Waals surface area contributed by atoms with Crippen molar-refractivity contribution in [1.82, 2.24) is 10.3 Å². The highest BCUT2D eigenvalue weighted by Crippen LogP contribution is 2.20. The maximum Gasteiger partial charge on any atom is 0.146 e. The van der Waals surface area contributed by atoms with Crippen molar-refractivity contribution in [2.75, 3.05) is 6.54 Å². The van der Waals surface area contributed by atoms with Gasteiger partial charge < -0.3 is 5.32 Å².